The van der Waals surface area contributed by atoms with Crippen LogP contribution < -0.4 is 9.47 Å². The molecular formula is C15H14O5. The van der Waals surface area contributed by atoms with Gasteiger partial charge in [-0.2, -0.15) is 0 Å². The van der Waals surface area contributed by atoms with Crippen molar-refractivity contribution in [3.05, 3.63) is 53.6 Å². The molecule has 0 spiro atoms. The van der Waals surface area contributed by atoms with Gasteiger partial charge in [0.25, 0.3) is 0 Å². The summed E-state index contributed by atoms with van der Waals surface area (Å²) in [6, 6.07) is 11.2. The standard InChI is InChI=1S/C15H14O5/c1-19-14-8-10(15(17)18)6-7-11(14)9-20-13-5-3-2-4-12(13)16/h2-8,16H,9H2,1H3,(H,17,18). The van der Waals surface area contributed by atoms with Crippen LogP contribution in [0.1, 0.15) is 15.9 Å². The summed E-state index contributed by atoms with van der Waals surface area (Å²) < 4.78 is 10.6. The predicted molar refractivity (Wildman–Crippen MR) is 72.4 cm³/mol. The van der Waals surface area contributed by atoms with E-state index in [0.29, 0.717) is 17.1 Å². The monoisotopic (exact) mass is 274 g/mol. The number of hydrogen-bond donors (Lipinski definition) is 2. The molecule has 0 saturated carbocycles. The molecule has 2 aromatic carbocycles. The van der Waals surface area contributed by atoms with Crippen LogP contribution in [0, 0.1) is 0 Å². The molecule has 0 heterocycles. The molecule has 0 aliphatic heterocycles. The molecule has 2 N–H and O–H groups in total. The van der Waals surface area contributed by atoms with Gasteiger partial charge in [-0.25, -0.2) is 4.79 Å². The molecule has 0 fully saturated rings. The molecule has 2 rings (SSSR count). The molecule has 5 heteroatoms. The van der Waals surface area contributed by atoms with E-state index in [1.807, 2.05) is 0 Å². The van der Waals surface area contributed by atoms with E-state index in [0.717, 1.165) is 0 Å². The SMILES string of the molecule is COc1cc(C(=O)O)ccc1COc1ccccc1O. The van der Waals surface area contributed by atoms with Gasteiger partial charge in [-0.15, -0.1) is 0 Å². The first-order chi connectivity index (χ1) is 9.61. The number of phenolic OH excluding ortho intramolecular Hbond substituents is 1. The molecule has 0 aliphatic rings. The van der Waals surface area contributed by atoms with E-state index in [-0.39, 0.29) is 17.9 Å². The Kier molecular flexibility index (Phi) is 4.10. The van der Waals surface area contributed by atoms with Crippen LogP contribution in [-0.4, -0.2) is 23.3 Å². The second kappa shape index (κ2) is 5.97. The predicted octanol–water partition coefficient (Wildman–Crippen LogP) is 2.68. The smallest absolute Gasteiger partial charge is 0.335 e. The van der Waals surface area contributed by atoms with Crippen LogP contribution in [0.15, 0.2) is 42.5 Å². The number of para-hydroxylation sites is 2. The minimum absolute atomic E-state index is 0.0497. The highest BCUT2D eigenvalue weighted by molar-refractivity contribution is 5.88. The zero-order valence-electron chi connectivity index (χ0n) is 10.9. The van der Waals surface area contributed by atoms with Gasteiger partial charge in [-0.05, 0) is 24.3 Å². The van der Waals surface area contributed by atoms with Gasteiger partial charge in [0, 0.05) is 5.56 Å². The third-order valence-electron chi connectivity index (χ3n) is 2.78. The number of carboxylic acid groups (broad SMARTS) is 1. The summed E-state index contributed by atoms with van der Waals surface area (Å²) in [6.45, 7) is 0.167. The zero-order chi connectivity index (χ0) is 14.5. The normalized spacial score (nSPS) is 10.1. The number of carbonyl (C=O) groups is 1. The van der Waals surface area contributed by atoms with Crippen LogP contribution in [0.5, 0.6) is 17.2 Å². The Morgan fingerprint density at radius 1 is 1.15 bits per heavy atom. The first kappa shape index (κ1) is 13.7. The molecule has 0 saturated heterocycles. The fourth-order valence-electron chi connectivity index (χ4n) is 1.73. The second-order valence-electron chi connectivity index (χ2n) is 4.09. The zero-order valence-corrected chi connectivity index (χ0v) is 10.9. The first-order valence-corrected chi connectivity index (χ1v) is 5.93. The Balaban J connectivity index is 2.17. The Bertz CT molecular complexity index is 621. The first-order valence-electron chi connectivity index (χ1n) is 5.93. The van der Waals surface area contributed by atoms with E-state index in [4.69, 9.17) is 14.6 Å². The largest absolute Gasteiger partial charge is 0.504 e. The van der Waals surface area contributed by atoms with Crippen molar-refractivity contribution < 1.29 is 24.5 Å². The third kappa shape index (κ3) is 3.00. The number of rotatable bonds is 5. The molecule has 2 aromatic rings. The maximum absolute atomic E-state index is 10.9. The highest BCUT2D eigenvalue weighted by Gasteiger charge is 2.10. The van der Waals surface area contributed by atoms with Crippen molar-refractivity contribution in [3.63, 3.8) is 0 Å². The molecule has 0 aliphatic carbocycles. The van der Waals surface area contributed by atoms with Gasteiger partial charge in [0.2, 0.25) is 0 Å². The molecule has 5 nitrogen and oxygen atoms in total. The Morgan fingerprint density at radius 3 is 2.55 bits per heavy atom. The molecule has 0 unspecified atom stereocenters. The lowest BCUT2D eigenvalue weighted by molar-refractivity contribution is 0.0696. The summed E-state index contributed by atoms with van der Waals surface area (Å²) in [7, 11) is 1.46. The van der Waals surface area contributed by atoms with Crippen LogP contribution in [0.25, 0.3) is 0 Å². The quantitative estimate of drug-likeness (QED) is 0.876. The Hall–Kier alpha value is -2.69. The maximum Gasteiger partial charge on any atom is 0.335 e. The van der Waals surface area contributed by atoms with Crippen molar-refractivity contribution in [2.75, 3.05) is 7.11 Å². The fourth-order valence-corrected chi connectivity index (χ4v) is 1.73. The van der Waals surface area contributed by atoms with E-state index in [1.54, 1.807) is 24.3 Å². The van der Waals surface area contributed by atoms with E-state index >= 15 is 0 Å². The molecule has 0 bridgehead atoms. The molecule has 20 heavy (non-hydrogen) atoms. The average molecular weight is 274 g/mol. The van der Waals surface area contributed by atoms with Crippen LogP contribution in [0.4, 0.5) is 0 Å². The summed E-state index contributed by atoms with van der Waals surface area (Å²) in [5, 5.41) is 18.5. The van der Waals surface area contributed by atoms with Gasteiger partial charge < -0.3 is 19.7 Å². The lowest BCUT2D eigenvalue weighted by Gasteiger charge is -2.11. The summed E-state index contributed by atoms with van der Waals surface area (Å²) in [5.74, 6) is -0.178. The van der Waals surface area contributed by atoms with Crippen molar-refractivity contribution in [3.8, 4) is 17.2 Å². The number of aromatic carboxylic acids is 1. The van der Waals surface area contributed by atoms with E-state index in [2.05, 4.69) is 0 Å². The molecule has 0 aromatic heterocycles. The van der Waals surface area contributed by atoms with Gasteiger partial charge in [0.1, 0.15) is 12.4 Å². The van der Waals surface area contributed by atoms with E-state index < -0.39 is 5.97 Å². The summed E-state index contributed by atoms with van der Waals surface area (Å²) in [4.78, 5) is 10.9. The van der Waals surface area contributed by atoms with Crippen LogP contribution >= 0.6 is 0 Å². The van der Waals surface area contributed by atoms with Crippen molar-refractivity contribution >= 4 is 5.97 Å². The summed E-state index contributed by atoms with van der Waals surface area (Å²) in [5.41, 5.74) is 0.842. The number of aromatic hydroxyl groups is 1. The number of hydrogen-bond acceptors (Lipinski definition) is 4. The minimum Gasteiger partial charge on any atom is -0.504 e. The average Bonchev–Trinajstić information content (AvgIpc) is 2.46. The maximum atomic E-state index is 10.9. The minimum atomic E-state index is -1.02. The van der Waals surface area contributed by atoms with Crippen molar-refractivity contribution in [1.82, 2.24) is 0 Å². The topological polar surface area (TPSA) is 76.0 Å². The number of phenols is 1. The number of ether oxygens (including phenoxy) is 2. The molecule has 0 atom stereocenters. The fraction of sp³-hybridized carbons (Fsp3) is 0.133. The van der Waals surface area contributed by atoms with Gasteiger partial charge in [-0.1, -0.05) is 18.2 Å². The lowest BCUT2D eigenvalue weighted by Crippen LogP contribution is -2.02. The Morgan fingerprint density at radius 2 is 1.90 bits per heavy atom. The summed E-state index contributed by atoms with van der Waals surface area (Å²) >= 11 is 0. The van der Waals surface area contributed by atoms with Crippen LogP contribution in [0.3, 0.4) is 0 Å². The number of carboxylic acids is 1. The molecule has 0 radical (unpaired) electrons. The summed E-state index contributed by atoms with van der Waals surface area (Å²) in [6.07, 6.45) is 0. The Labute approximate surface area is 116 Å². The van der Waals surface area contributed by atoms with Gasteiger partial charge >= 0.3 is 5.97 Å². The number of methoxy groups -OCH3 is 1. The van der Waals surface area contributed by atoms with Crippen molar-refractivity contribution in [1.29, 1.82) is 0 Å². The highest BCUT2D eigenvalue weighted by Crippen LogP contribution is 2.27. The second-order valence-corrected chi connectivity index (χ2v) is 4.09. The van der Waals surface area contributed by atoms with E-state index in [9.17, 15) is 9.90 Å². The van der Waals surface area contributed by atoms with E-state index in [1.165, 1.54) is 25.3 Å². The number of benzene rings is 2. The van der Waals surface area contributed by atoms with Crippen LogP contribution in [0.2, 0.25) is 0 Å². The van der Waals surface area contributed by atoms with Crippen molar-refractivity contribution in [2.24, 2.45) is 0 Å². The lowest BCUT2D eigenvalue weighted by atomic mass is 10.1. The van der Waals surface area contributed by atoms with Gasteiger partial charge in [0.05, 0.1) is 12.7 Å². The van der Waals surface area contributed by atoms with Crippen LogP contribution in [-0.2, 0) is 6.61 Å². The third-order valence-corrected chi connectivity index (χ3v) is 2.78. The van der Waals surface area contributed by atoms with Gasteiger partial charge in [0.15, 0.2) is 11.5 Å². The molecule has 104 valence electrons. The van der Waals surface area contributed by atoms with Crippen molar-refractivity contribution in [2.45, 2.75) is 6.61 Å². The van der Waals surface area contributed by atoms with Gasteiger partial charge in [-0.3, -0.25) is 0 Å². The molecular weight excluding hydrogens is 260 g/mol. The highest BCUT2D eigenvalue weighted by atomic mass is 16.5. The molecule has 0 amide bonds.